The van der Waals surface area contributed by atoms with Crippen molar-refractivity contribution in [3.8, 4) is 23.3 Å². The molecular formula is C27H27F3N2O5. The molecule has 0 spiro atoms. The van der Waals surface area contributed by atoms with Crippen molar-refractivity contribution < 1.29 is 37.3 Å². The molecule has 1 fully saturated rings. The molecule has 2 aromatic rings. The van der Waals surface area contributed by atoms with Crippen molar-refractivity contribution in [3.05, 3.63) is 58.7 Å². The number of nitrogens with zero attached hydrogens (tertiary/aromatic N) is 2. The maximum atomic E-state index is 12.8. The minimum atomic E-state index is -4.53. The van der Waals surface area contributed by atoms with Gasteiger partial charge < -0.3 is 19.3 Å². The Kier molecular flexibility index (Phi) is 7.93. The Hall–Kier alpha value is -3.71. The van der Waals surface area contributed by atoms with Crippen LogP contribution in [0, 0.1) is 17.2 Å². The number of carbonyl (C=O) groups is 1. The number of piperidine rings is 1. The minimum Gasteiger partial charge on any atom is -0.489 e. The van der Waals surface area contributed by atoms with Crippen LogP contribution in [-0.4, -0.2) is 54.5 Å². The lowest BCUT2D eigenvalue weighted by Crippen LogP contribution is -2.38. The highest BCUT2D eigenvalue weighted by molar-refractivity contribution is 5.70. The van der Waals surface area contributed by atoms with Gasteiger partial charge in [0.1, 0.15) is 36.5 Å². The number of halogens is 3. The smallest absolute Gasteiger partial charge is 0.425 e. The van der Waals surface area contributed by atoms with Crippen molar-refractivity contribution in [3.63, 3.8) is 0 Å². The third-order valence-electron chi connectivity index (χ3n) is 6.46. The van der Waals surface area contributed by atoms with Gasteiger partial charge in [0.05, 0.1) is 11.5 Å². The van der Waals surface area contributed by atoms with E-state index in [0.717, 1.165) is 37.7 Å². The van der Waals surface area contributed by atoms with E-state index >= 15 is 0 Å². The summed E-state index contributed by atoms with van der Waals surface area (Å²) in [5.74, 6) is 0.109. The summed E-state index contributed by atoms with van der Waals surface area (Å²) < 4.78 is 55.0. The fourth-order valence-corrected chi connectivity index (χ4v) is 4.28. The van der Waals surface area contributed by atoms with Crippen LogP contribution in [0.25, 0.3) is 6.08 Å². The van der Waals surface area contributed by atoms with Crippen LogP contribution in [-0.2, 0) is 11.4 Å². The molecule has 0 unspecified atom stereocenters. The van der Waals surface area contributed by atoms with Gasteiger partial charge in [-0.1, -0.05) is 6.07 Å². The maximum Gasteiger partial charge on any atom is 0.425 e. The Bertz CT molecular complexity index is 1210. The standard InChI is InChI=1S/C27H27F3N2O5/c1-17(27(28,29)30)37-24-5-2-18(10-22(24)13-31)15-35-23-4-3-21-11-19(16-36-25(21)12-23)14-32-8-6-20(7-9-32)26(33)34/h2-5,10-12,17,20H,6-9,14-16H2,1H3,(H,33,34)/t17-/m0/s1. The van der Waals surface area contributed by atoms with E-state index in [9.17, 15) is 23.2 Å². The topological polar surface area (TPSA) is 92.0 Å². The number of fused-ring (bicyclic) bond motifs is 1. The molecule has 2 aliphatic rings. The third kappa shape index (κ3) is 6.74. The van der Waals surface area contributed by atoms with Crippen molar-refractivity contribution in [1.29, 1.82) is 5.26 Å². The molecule has 4 rings (SSSR count). The average Bonchev–Trinajstić information content (AvgIpc) is 2.87. The number of hydrogen-bond donors (Lipinski definition) is 1. The summed E-state index contributed by atoms with van der Waals surface area (Å²) in [7, 11) is 0. The lowest BCUT2D eigenvalue weighted by molar-refractivity contribution is -0.189. The van der Waals surface area contributed by atoms with Crippen LogP contribution in [0.3, 0.4) is 0 Å². The first-order chi connectivity index (χ1) is 17.6. The lowest BCUT2D eigenvalue weighted by Gasteiger charge is -2.31. The molecule has 10 heteroatoms. The molecule has 196 valence electrons. The van der Waals surface area contributed by atoms with Gasteiger partial charge in [0, 0.05) is 18.2 Å². The normalized spacial score (nSPS) is 17.1. The number of benzene rings is 2. The number of aliphatic carboxylic acids is 1. The molecule has 0 aliphatic carbocycles. The molecule has 0 aromatic heterocycles. The van der Waals surface area contributed by atoms with E-state index in [-0.39, 0.29) is 23.8 Å². The average molecular weight is 517 g/mol. The number of rotatable bonds is 8. The largest absolute Gasteiger partial charge is 0.489 e. The molecule has 0 amide bonds. The molecule has 0 bridgehead atoms. The van der Waals surface area contributed by atoms with Crippen molar-refractivity contribution in [1.82, 2.24) is 4.90 Å². The number of alkyl halides is 3. The van der Waals surface area contributed by atoms with Crippen LogP contribution >= 0.6 is 0 Å². The fourth-order valence-electron chi connectivity index (χ4n) is 4.28. The summed E-state index contributed by atoms with van der Waals surface area (Å²) in [4.78, 5) is 13.4. The van der Waals surface area contributed by atoms with Crippen LogP contribution in [0.15, 0.2) is 42.0 Å². The van der Waals surface area contributed by atoms with Crippen molar-refractivity contribution in [2.75, 3.05) is 26.2 Å². The Balaban J connectivity index is 1.34. The van der Waals surface area contributed by atoms with Gasteiger partial charge in [-0.15, -0.1) is 0 Å². The molecule has 1 atom stereocenters. The van der Waals surface area contributed by atoms with Gasteiger partial charge >= 0.3 is 12.1 Å². The van der Waals surface area contributed by atoms with Gasteiger partial charge in [-0.3, -0.25) is 9.69 Å². The predicted molar refractivity (Wildman–Crippen MR) is 128 cm³/mol. The van der Waals surface area contributed by atoms with Gasteiger partial charge in [-0.05, 0) is 74.3 Å². The molecule has 2 aromatic carbocycles. The van der Waals surface area contributed by atoms with Crippen LogP contribution in [0.1, 0.15) is 36.5 Å². The number of carboxylic acid groups (broad SMARTS) is 1. The molecule has 2 aliphatic heterocycles. The molecule has 7 nitrogen and oxygen atoms in total. The number of likely N-dealkylation sites (tertiary alicyclic amines) is 1. The molecule has 37 heavy (non-hydrogen) atoms. The molecule has 2 heterocycles. The second-order valence-corrected chi connectivity index (χ2v) is 9.21. The number of hydrogen-bond acceptors (Lipinski definition) is 6. The highest BCUT2D eigenvalue weighted by Gasteiger charge is 2.38. The van der Waals surface area contributed by atoms with E-state index in [1.54, 1.807) is 18.2 Å². The Labute approximate surface area is 212 Å². The zero-order valence-corrected chi connectivity index (χ0v) is 20.3. The predicted octanol–water partition coefficient (Wildman–Crippen LogP) is 5.04. The summed E-state index contributed by atoms with van der Waals surface area (Å²) in [6.45, 7) is 3.64. The van der Waals surface area contributed by atoms with Crippen molar-refractivity contribution in [2.45, 2.75) is 38.7 Å². The van der Waals surface area contributed by atoms with E-state index in [1.807, 2.05) is 12.1 Å². The van der Waals surface area contributed by atoms with Crippen LogP contribution < -0.4 is 14.2 Å². The van der Waals surface area contributed by atoms with E-state index in [0.29, 0.717) is 36.5 Å². The van der Waals surface area contributed by atoms with E-state index < -0.39 is 18.2 Å². The van der Waals surface area contributed by atoms with Gasteiger partial charge in [0.2, 0.25) is 0 Å². The van der Waals surface area contributed by atoms with Crippen LogP contribution in [0.4, 0.5) is 13.2 Å². The maximum absolute atomic E-state index is 12.8. The summed E-state index contributed by atoms with van der Waals surface area (Å²) in [6.07, 6.45) is -3.18. The second-order valence-electron chi connectivity index (χ2n) is 9.21. The van der Waals surface area contributed by atoms with Crippen molar-refractivity contribution >= 4 is 12.0 Å². The van der Waals surface area contributed by atoms with Crippen LogP contribution in [0.5, 0.6) is 17.2 Å². The van der Waals surface area contributed by atoms with Crippen LogP contribution in [0.2, 0.25) is 0 Å². The highest BCUT2D eigenvalue weighted by atomic mass is 19.4. The Morgan fingerprint density at radius 3 is 2.68 bits per heavy atom. The number of ether oxygens (including phenoxy) is 3. The molecule has 1 N–H and O–H groups in total. The van der Waals surface area contributed by atoms with Gasteiger partial charge in [-0.25, -0.2) is 0 Å². The van der Waals surface area contributed by atoms with Crippen molar-refractivity contribution in [2.24, 2.45) is 5.92 Å². The van der Waals surface area contributed by atoms with E-state index in [2.05, 4.69) is 11.0 Å². The molecule has 0 saturated carbocycles. The highest BCUT2D eigenvalue weighted by Crippen LogP contribution is 2.32. The molecular weight excluding hydrogens is 489 g/mol. The summed E-state index contributed by atoms with van der Waals surface area (Å²) in [5.41, 5.74) is 2.63. The lowest BCUT2D eigenvalue weighted by atomic mass is 9.96. The SMILES string of the molecule is C[C@H](Oc1ccc(COc2ccc3c(c2)OCC(CN2CCC(C(=O)O)CC2)=C3)cc1C#N)C(F)(F)F. The Morgan fingerprint density at radius 1 is 1.24 bits per heavy atom. The second kappa shape index (κ2) is 11.1. The third-order valence-corrected chi connectivity index (χ3v) is 6.46. The van der Waals surface area contributed by atoms with E-state index in [1.165, 1.54) is 12.1 Å². The van der Waals surface area contributed by atoms with E-state index in [4.69, 9.17) is 19.3 Å². The number of carboxylic acids is 1. The molecule has 0 radical (unpaired) electrons. The van der Waals surface area contributed by atoms with Gasteiger partial charge in [-0.2, -0.15) is 18.4 Å². The zero-order chi connectivity index (χ0) is 26.6. The van der Waals surface area contributed by atoms with Gasteiger partial charge in [0.25, 0.3) is 0 Å². The number of nitriles is 1. The van der Waals surface area contributed by atoms with Gasteiger partial charge in [0.15, 0.2) is 6.10 Å². The Morgan fingerprint density at radius 2 is 2.00 bits per heavy atom. The quantitative estimate of drug-likeness (QED) is 0.526. The first-order valence-corrected chi connectivity index (χ1v) is 11.9. The first kappa shape index (κ1) is 26.4. The fraction of sp³-hybridized carbons (Fsp3) is 0.407. The summed E-state index contributed by atoms with van der Waals surface area (Å²) in [5, 5.41) is 18.5. The summed E-state index contributed by atoms with van der Waals surface area (Å²) >= 11 is 0. The zero-order valence-electron chi connectivity index (χ0n) is 20.3. The molecule has 1 saturated heterocycles. The summed E-state index contributed by atoms with van der Waals surface area (Å²) in [6, 6.07) is 11.7. The first-order valence-electron chi connectivity index (χ1n) is 11.9. The monoisotopic (exact) mass is 516 g/mol. The minimum absolute atomic E-state index is 0.00386.